The average Bonchev–Trinajstić information content (AvgIpc) is 3.65. The third-order valence-corrected chi connectivity index (χ3v) is 12.2. The van der Waals surface area contributed by atoms with E-state index in [9.17, 15) is 0 Å². The first kappa shape index (κ1) is 37.9. The van der Waals surface area contributed by atoms with E-state index < -0.39 is 6.85 Å². The van der Waals surface area contributed by atoms with Crippen molar-refractivity contribution in [2.24, 2.45) is 0 Å². The second-order valence-corrected chi connectivity index (χ2v) is 18.0. The Labute approximate surface area is 392 Å². The third-order valence-electron chi connectivity index (χ3n) is 11.7. The number of anilines is 3. The molecule has 8 aromatic carbocycles. The van der Waals surface area contributed by atoms with Crippen LogP contribution in [0.3, 0.4) is 0 Å². The number of aryl methyl sites for hydroxylation is 1. The van der Waals surface area contributed by atoms with Crippen LogP contribution in [0.25, 0.3) is 61.0 Å². The molecule has 3 N–H and O–H groups in total. The minimum Gasteiger partial charge on any atom is -0.457 e. The van der Waals surface area contributed by atoms with Gasteiger partial charge in [-0.2, -0.15) is 0 Å². The number of aromatic nitrogens is 2. The highest BCUT2D eigenvalue weighted by molar-refractivity contribution is 9.10. The molecule has 2 heterocycles. The van der Waals surface area contributed by atoms with Gasteiger partial charge in [0.25, 0.3) is 0 Å². The molecule has 2 aromatic heterocycles. The molecule has 0 aliphatic heterocycles. The van der Waals surface area contributed by atoms with E-state index in [1.54, 1.807) is 12.3 Å². The van der Waals surface area contributed by atoms with Gasteiger partial charge in [-0.15, -0.1) is 0 Å². The summed E-state index contributed by atoms with van der Waals surface area (Å²) in [6.07, 6.45) is 1.66. The summed E-state index contributed by atoms with van der Waals surface area (Å²) >= 11 is 3.55. The number of nitrogens with zero attached hydrogens (tertiary/aromatic N) is 2. The predicted molar refractivity (Wildman–Crippen MR) is 273 cm³/mol. The number of para-hydroxylation sites is 3. The number of ether oxygens (including phenoxy) is 2. The van der Waals surface area contributed by atoms with E-state index in [0.29, 0.717) is 45.6 Å². The number of fused-ring (bicyclic) bond motifs is 3. The summed E-state index contributed by atoms with van der Waals surface area (Å²) in [4.78, 5) is 5.00. The van der Waals surface area contributed by atoms with Crippen molar-refractivity contribution in [1.82, 2.24) is 9.55 Å². The molecule has 0 aliphatic carbocycles. The molecule has 6 nitrogen and oxygen atoms in total. The summed E-state index contributed by atoms with van der Waals surface area (Å²) in [7, 11) is 0. The quantitative estimate of drug-likeness (QED) is 0.134. The van der Waals surface area contributed by atoms with Crippen molar-refractivity contribution in [2.75, 3.05) is 11.1 Å². The lowest BCUT2D eigenvalue weighted by Gasteiger charge is -2.19. The summed E-state index contributed by atoms with van der Waals surface area (Å²) in [6.45, 7) is 4.12. The molecule has 10 aromatic rings. The topological polar surface area (TPSA) is 74.3 Å². The van der Waals surface area contributed by atoms with Crippen molar-refractivity contribution in [3.8, 4) is 62.2 Å². The number of nitrogens with two attached hydrogens (primary N) is 1. The first-order chi connectivity index (χ1) is 32.8. The van der Waals surface area contributed by atoms with Crippen LogP contribution in [0.2, 0.25) is 0 Å². The second kappa shape index (κ2) is 17.2. The van der Waals surface area contributed by atoms with Crippen molar-refractivity contribution in [3.63, 3.8) is 0 Å². The highest BCUT2D eigenvalue weighted by atomic mass is 79.9. The summed E-state index contributed by atoms with van der Waals surface area (Å²) in [6, 6.07) is 61.6. The molecule has 0 spiro atoms. The number of hydrogen-bond acceptors (Lipinski definition) is 5. The highest BCUT2D eigenvalue weighted by Crippen LogP contribution is 2.42. The van der Waals surface area contributed by atoms with E-state index in [1.807, 2.05) is 132 Å². The molecule has 0 saturated heterocycles. The van der Waals surface area contributed by atoms with E-state index >= 15 is 0 Å². The van der Waals surface area contributed by atoms with Gasteiger partial charge in [-0.05, 0) is 125 Å². The van der Waals surface area contributed by atoms with Crippen LogP contribution in [0.1, 0.15) is 36.0 Å². The van der Waals surface area contributed by atoms with Crippen molar-refractivity contribution < 1.29 is 13.6 Å². The number of nitrogens with one attached hydrogen (secondary N) is 1. The Morgan fingerprint density at radius 1 is 0.569 bits per heavy atom. The molecule has 0 fully saturated rings. The van der Waals surface area contributed by atoms with Crippen molar-refractivity contribution >= 4 is 54.8 Å². The summed E-state index contributed by atoms with van der Waals surface area (Å²) in [5.74, 6) is 2.99. The highest BCUT2D eigenvalue weighted by Gasteiger charge is 2.20. The van der Waals surface area contributed by atoms with Crippen LogP contribution in [0.15, 0.2) is 199 Å². The Hall–Kier alpha value is -7.61. The van der Waals surface area contributed by atoms with Crippen LogP contribution < -0.4 is 20.5 Å². The average molecular weight is 915 g/mol. The van der Waals surface area contributed by atoms with Crippen molar-refractivity contribution in [3.05, 3.63) is 210 Å². The zero-order valence-electron chi connectivity index (χ0n) is 39.1. The number of halogens is 1. The zero-order chi connectivity index (χ0) is 47.2. The lowest BCUT2D eigenvalue weighted by molar-refractivity contribution is 0.482. The Balaban J connectivity index is 0.991. The van der Waals surface area contributed by atoms with Crippen molar-refractivity contribution in [1.29, 1.82) is 0 Å². The molecule has 0 radical (unpaired) electrons. The fourth-order valence-corrected chi connectivity index (χ4v) is 8.72. The SMILES string of the molecule is [2H]C([2H])([2H])c1cc(-n2c3ccc(C(C)(C)C)cc3c3ccc(Oc4cccc(Br)c4)cc32)ncc1-c1cccc(Oc2ccc(-c3cccc(-c4ccccc4)c3Nc3ccccc3N)cc2)c1. The molecule has 7 heteroatoms. The summed E-state index contributed by atoms with van der Waals surface area (Å²) < 4.78 is 42.1. The van der Waals surface area contributed by atoms with Gasteiger partial charge >= 0.3 is 0 Å². The second-order valence-electron chi connectivity index (χ2n) is 17.1. The lowest BCUT2D eigenvalue weighted by Crippen LogP contribution is -2.10. The minimum absolute atomic E-state index is 0.0853. The Morgan fingerprint density at radius 2 is 1.23 bits per heavy atom. The van der Waals surface area contributed by atoms with E-state index in [-0.39, 0.29) is 11.0 Å². The first-order valence-corrected chi connectivity index (χ1v) is 22.3. The normalized spacial score (nSPS) is 12.4. The van der Waals surface area contributed by atoms with E-state index in [0.717, 1.165) is 59.9 Å². The van der Waals surface area contributed by atoms with Gasteiger partial charge in [0.1, 0.15) is 28.8 Å². The molecule has 0 saturated carbocycles. The van der Waals surface area contributed by atoms with E-state index in [4.69, 9.17) is 24.3 Å². The smallest absolute Gasteiger partial charge is 0.137 e. The van der Waals surface area contributed by atoms with Crippen molar-refractivity contribution in [2.45, 2.75) is 33.0 Å². The molecular weight excluding hydrogens is 865 g/mol. The Morgan fingerprint density at radius 3 is 1.98 bits per heavy atom. The molecule has 0 atom stereocenters. The van der Waals surface area contributed by atoms with Gasteiger partial charge in [-0.25, -0.2) is 4.98 Å². The monoisotopic (exact) mass is 913 g/mol. The van der Waals surface area contributed by atoms with Gasteiger partial charge in [-0.3, -0.25) is 4.57 Å². The molecule has 0 bridgehead atoms. The van der Waals surface area contributed by atoms with Crippen LogP contribution >= 0.6 is 15.9 Å². The lowest BCUT2D eigenvalue weighted by atomic mass is 9.86. The molecule has 65 heavy (non-hydrogen) atoms. The molecule has 0 amide bonds. The molecule has 318 valence electrons. The van der Waals surface area contributed by atoms with Crippen LogP contribution in [0.4, 0.5) is 17.1 Å². The summed E-state index contributed by atoms with van der Waals surface area (Å²) in [5.41, 5.74) is 17.1. The zero-order valence-corrected chi connectivity index (χ0v) is 37.7. The maximum absolute atomic E-state index is 8.79. The number of hydrogen-bond donors (Lipinski definition) is 2. The van der Waals surface area contributed by atoms with Gasteiger partial charge in [0.15, 0.2) is 0 Å². The number of rotatable bonds is 10. The molecular formula is C58H47BrN4O2. The Kier molecular flexibility index (Phi) is 10.0. The van der Waals surface area contributed by atoms with Gasteiger partial charge in [-0.1, -0.05) is 134 Å². The maximum atomic E-state index is 8.79. The van der Waals surface area contributed by atoms with E-state index in [2.05, 4.69) is 96.6 Å². The predicted octanol–water partition coefficient (Wildman–Crippen LogP) is 16.5. The molecule has 0 unspecified atom stereocenters. The van der Waals surface area contributed by atoms with Gasteiger partial charge in [0, 0.05) is 48.3 Å². The largest absolute Gasteiger partial charge is 0.457 e. The standard InChI is InChI=1S/C58H47BrN4O2/c1-37-31-56(63-54-30-25-41(58(2,3)4)33-50(54)49-29-28-46(35-55(49)63)65-45-18-11-16-42(59)34-45)61-36-51(37)40-15-10-17-44(32-40)64-43-26-23-39(24-27-43)48-20-12-19-47(38-13-6-5-7-14-38)57(48)62-53-22-9-8-21-52(53)60/h5-36,62H,60H2,1-4H3/i1D3. The Bertz CT molecular complexity index is 3490. The van der Waals surface area contributed by atoms with Gasteiger partial charge < -0.3 is 20.5 Å². The fourth-order valence-electron chi connectivity index (χ4n) is 8.34. The van der Waals surface area contributed by atoms with Crippen LogP contribution in [0, 0.1) is 6.85 Å². The van der Waals surface area contributed by atoms with E-state index in [1.165, 1.54) is 5.56 Å². The van der Waals surface area contributed by atoms with Crippen LogP contribution in [-0.4, -0.2) is 9.55 Å². The maximum Gasteiger partial charge on any atom is 0.137 e. The van der Waals surface area contributed by atoms with Crippen LogP contribution in [0.5, 0.6) is 23.0 Å². The number of nitrogen functional groups attached to an aromatic ring is 1. The van der Waals surface area contributed by atoms with Gasteiger partial charge in [0.05, 0.1) is 28.1 Å². The van der Waals surface area contributed by atoms with Crippen LogP contribution in [-0.2, 0) is 5.41 Å². The number of pyridine rings is 1. The minimum atomic E-state index is -2.47. The van der Waals surface area contributed by atoms with Gasteiger partial charge in [0.2, 0.25) is 0 Å². The number of benzene rings is 8. The molecule has 10 rings (SSSR count). The summed E-state index contributed by atoms with van der Waals surface area (Å²) in [5, 5.41) is 5.67. The molecule has 0 aliphatic rings. The third kappa shape index (κ3) is 8.46. The fraction of sp³-hybridized carbons (Fsp3) is 0.0862. The first-order valence-electron chi connectivity index (χ1n) is 23.0.